The molecule has 27 heavy (non-hydrogen) atoms. The molecule has 2 heterocycles. The molecule has 0 saturated carbocycles. The maximum atomic E-state index is 12.9. The number of fused-ring (bicyclic) bond motifs is 1. The van der Waals surface area contributed by atoms with Crippen molar-refractivity contribution in [1.29, 1.82) is 0 Å². The van der Waals surface area contributed by atoms with Crippen LogP contribution in [0.3, 0.4) is 0 Å². The molecule has 6 heteroatoms. The van der Waals surface area contributed by atoms with Gasteiger partial charge in [-0.3, -0.25) is 4.79 Å². The van der Waals surface area contributed by atoms with Gasteiger partial charge in [0.2, 0.25) is 0 Å². The van der Waals surface area contributed by atoms with E-state index in [-0.39, 0.29) is 5.91 Å². The highest BCUT2D eigenvalue weighted by Gasteiger charge is 2.22. The van der Waals surface area contributed by atoms with E-state index in [1.165, 1.54) is 0 Å². The lowest BCUT2D eigenvalue weighted by molar-refractivity contribution is 0.0998. The first kappa shape index (κ1) is 17.9. The molecule has 4 rings (SSSR count). The second-order valence-electron chi connectivity index (χ2n) is 6.93. The minimum absolute atomic E-state index is 0.263. The Kier molecular flexibility index (Phi) is 4.81. The van der Waals surface area contributed by atoms with Crippen LogP contribution in [0, 0.1) is 6.92 Å². The predicted molar refractivity (Wildman–Crippen MR) is 110 cm³/mol. The van der Waals surface area contributed by atoms with Crippen molar-refractivity contribution in [3.8, 4) is 0 Å². The van der Waals surface area contributed by atoms with Crippen molar-refractivity contribution in [1.82, 2.24) is 4.90 Å². The van der Waals surface area contributed by atoms with Gasteiger partial charge in [0.25, 0.3) is 5.91 Å². The van der Waals surface area contributed by atoms with Crippen LogP contribution in [0.5, 0.6) is 0 Å². The van der Waals surface area contributed by atoms with Crippen LogP contribution in [0.15, 0.2) is 46.9 Å². The number of rotatable bonds is 3. The maximum Gasteiger partial charge on any atom is 0.291 e. The lowest BCUT2D eigenvalue weighted by Gasteiger charge is -2.35. The lowest BCUT2D eigenvalue weighted by atomic mass is 10.1. The molecule has 0 bridgehead atoms. The number of furan rings is 1. The molecule has 0 unspecified atom stereocenters. The quantitative estimate of drug-likeness (QED) is 0.728. The SMILES string of the molecule is Cc1c(C(=O)Nc2ccccc2N2CCN(C)CC2)oc2c(Cl)cccc12. The zero-order valence-corrected chi connectivity index (χ0v) is 16.2. The van der Waals surface area contributed by atoms with Crippen LogP contribution >= 0.6 is 11.6 Å². The van der Waals surface area contributed by atoms with Crippen LogP contribution in [0.25, 0.3) is 11.0 Å². The summed E-state index contributed by atoms with van der Waals surface area (Å²) >= 11 is 6.21. The molecule has 1 aromatic heterocycles. The van der Waals surface area contributed by atoms with Crippen molar-refractivity contribution in [2.45, 2.75) is 6.92 Å². The molecular weight excluding hydrogens is 362 g/mol. The van der Waals surface area contributed by atoms with E-state index in [1.54, 1.807) is 6.07 Å². The number of aryl methyl sites for hydroxylation is 1. The molecule has 1 fully saturated rings. The van der Waals surface area contributed by atoms with Gasteiger partial charge >= 0.3 is 0 Å². The van der Waals surface area contributed by atoms with Gasteiger partial charge in [-0.1, -0.05) is 35.9 Å². The van der Waals surface area contributed by atoms with Gasteiger partial charge in [0.05, 0.1) is 16.4 Å². The summed E-state index contributed by atoms with van der Waals surface area (Å²) in [6, 6.07) is 13.4. The van der Waals surface area contributed by atoms with Gasteiger partial charge in [-0.25, -0.2) is 0 Å². The number of nitrogens with zero attached hydrogens (tertiary/aromatic N) is 2. The largest absolute Gasteiger partial charge is 0.449 e. The Morgan fingerprint density at radius 1 is 1.07 bits per heavy atom. The van der Waals surface area contributed by atoms with Gasteiger partial charge < -0.3 is 19.5 Å². The van der Waals surface area contributed by atoms with Crippen molar-refractivity contribution in [2.75, 3.05) is 43.4 Å². The smallest absolute Gasteiger partial charge is 0.291 e. The van der Waals surface area contributed by atoms with E-state index in [9.17, 15) is 4.79 Å². The summed E-state index contributed by atoms with van der Waals surface area (Å²) < 4.78 is 5.80. The van der Waals surface area contributed by atoms with Gasteiger partial charge in [-0.15, -0.1) is 0 Å². The Balaban J connectivity index is 1.63. The zero-order chi connectivity index (χ0) is 19.0. The highest BCUT2D eigenvalue weighted by atomic mass is 35.5. The molecule has 1 saturated heterocycles. The summed E-state index contributed by atoms with van der Waals surface area (Å²) in [6.45, 7) is 5.75. The summed E-state index contributed by atoms with van der Waals surface area (Å²) in [4.78, 5) is 17.5. The van der Waals surface area contributed by atoms with Gasteiger partial charge in [-0.2, -0.15) is 0 Å². The number of piperazine rings is 1. The van der Waals surface area contributed by atoms with E-state index in [1.807, 2.05) is 43.3 Å². The molecule has 1 N–H and O–H groups in total. The predicted octanol–water partition coefficient (Wildman–Crippen LogP) is 4.40. The first-order valence-electron chi connectivity index (χ1n) is 9.06. The number of anilines is 2. The normalized spacial score (nSPS) is 15.3. The van der Waals surface area contributed by atoms with Crippen molar-refractivity contribution in [2.24, 2.45) is 0 Å². The Morgan fingerprint density at radius 2 is 1.81 bits per heavy atom. The molecule has 0 atom stereocenters. The monoisotopic (exact) mass is 383 g/mol. The first-order valence-corrected chi connectivity index (χ1v) is 9.44. The van der Waals surface area contributed by atoms with E-state index < -0.39 is 0 Å². The van der Waals surface area contributed by atoms with Crippen LogP contribution < -0.4 is 10.2 Å². The zero-order valence-electron chi connectivity index (χ0n) is 15.5. The molecule has 0 radical (unpaired) electrons. The molecule has 1 aliphatic heterocycles. The van der Waals surface area contributed by atoms with E-state index >= 15 is 0 Å². The third-order valence-electron chi connectivity index (χ3n) is 5.12. The molecule has 2 aromatic carbocycles. The molecule has 0 aliphatic carbocycles. The first-order chi connectivity index (χ1) is 13.0. The summed E-state index contributed by atoms with van der Waals surface area (Å²) in [5.74, 6) is 0.0348. The fourth-order valence-corrected chi connectivity index (χ4v) is 3.72. The Bertz CT molecular complexity index is 990. The maximum absolute atomic E-state index is 12.9. The van der Waals surface area contributed by atoms with Gasteiger partial charge in [-0.05, 0) is 32.2 Å². The Hall–Kier alpha value is -2.50. The second-order valence-corrected chi connectivity index (χ2v) is 7.34. The van der Waals surface area contributed by atoms with Gasteiger partial charge in [0.15, 0.2) is 11.3 Å². The van der Waals surface area contributed by atoms with E-state index in [0.717, 1.165) is 48.5 Å². The highest BCUT2D eigenvalue weighted by Crippen LogP contribution is 2.32. The number of para-hydroxylation sites is 3. The van der Waals surface area contributed by atoms with Crippen LogP contribution in [-0.4, -0.2) is 44.0 Å². The number of benzene rings is 2. The molecule has 1 amide bonds. The summed E-state index contributed by atoms with van der Waals surface area (Å²) in [5.41, 5.74) is 3.17. The highest BCUT2D eigenvalue weighted by molar-refractivity contribution is 6.35. The van der Waals surface area contributed by atoms with Crippen molar-refractivity contribution >= 4 is 39.9 Å². The van der Waals surface area contributed by atoms with Crippen LogP contribution in [-0.2, 0) is 0 Å². The average molecular weight is 384 g/mol. The van der Waals surface area contributed by atoms with E-state index in [2.05, 4.69) is 22.2 Å². The summed E-state index contributed by atoms with van der Waals surface area (Å²) in [6.07, 6.45) is 0. The van der Waals surface area contributed by atoms with Crippen molar-refractivity contribution in [3.05, 3.63) is 58.8 Å². The molecular formula is C21H22ClN3O2. The van der Waals surface area contributed by atoms with Crippen LogP contribution in [0.2, 0.25) is 5.02 Å². The van der Waals surface area contributed by atoms with Crippen molar-refractivity contribution in [3.63, 3.8) is 0 Å². The molecule has 0 spiro atoms. The van der Waals surface area contributed by atoms with Crippen LogP contribution in [0.4, 0.5) is 11.4 Å². The second kappa shape index (κ2) is 7.25. The average Bonchev–Trinajstić information content (AvgIpc) is 3.01. The Morgan fingerprint density at radius 3 is 2.56 bits per heavy atom. The number of likely N-dealkylation sites (N-methyl/N-ethyl adjacent to an activating group) is 1. The minimum atomic E-state index is -0.263. The van der Waals surface area contributed by atoms with Gasteiger partial charge in [0.1, 0.15) is 0 Å². The topological polar surface area (TPSA) is 48.7 Å². The van der Waals surface area contributed by atoms with E-state index in [0.29, 0.717) is 16.4 Å². The van der Waals surface area contributed by atoms with Crippen molar-refractivity contribution < 1.29 is 9.21 Å². The molecule has 1 aliphatic rings. The third-order valence-corrected chi connectivity index (χ3v) is 5.42. The number of carbonyl (C=O) groups is 1. The minimum Gasteiger partial charge on any atom is -0.449 e. The fourth-order valence-electron chi connectivity index (χ4n) is 3.51. The summed E-state index contributed by atoms with van der Waals surface area (Å²) in [7, 11) is 2.13. The number of halogens is 1. The van der Waals surface area contributed by atoms with Gasteiger partial charge in [0, 0.05) is 37.1 Å². The standard InChI is InChI=1S/C21H22ClN3O2/c1-14-15-6-5-7-16(22)20(15)27-19(14)21(26)23-17-8-3-4-9-18(17)25-12-10-24(2)11-13-25/h3-9H,10-13H2,1-2H3,(H,23,26). The lowest BCUT2D eigenvalue weighted by Crippen LogP contribution is -2.44. The van der Waals surface area contributed by atoms with Crippen LogP contribution in [0.1, 0.15) is 16.1 Å². The fraction of sp³-hybridized carbons (Fsp3) is 0.286. The molecule has 5 nitrogen and oxygen atoms in total. The van der Waals surface area contributed by atoms with E-state index in [4.69, 9.17) is 16.0 Å². The summed E-state index contributed by atoms with van der Waals surface area (Å²) in [5, 5.41) is 4.39. The number of hydrogen-bond acceptors (Lipinski definition) is 4. The molecule has 140 valence electrons. The molecule has 3 aromatic rings. The third kappa shape index (κ3) is 3.40. The number of carbonyl (C=O) groups excluding carboxylic acids is 1. The number of nitrogens with one attached hydrogen (secondary N) is 1. The Labute approximate surface area is 163 Å². The number of hydrogen-bond donors (Lipinski definition) is 1. The number of amides is 1.